The Balaban J connectivity index is 1.41. The van der Waals surface area contributed by atoms with Crippen molar-refractivity contribution in [1.29, 1.82) is 5.26 Å². The average Bonchev–Trinajstić information content (AvgIpc) is 3.43. The lowest BCUT2D eigenvalue weighted by Crippen LogP contribution is -2.25. The van der Waals surface area contributed by atoms with Crippen molar-refractivity contribution in [2.24, 2.45) is 0 Å². The molecule has 34 heavy (non-hydrogen) atoms. The Labute approximate surface area is 202 Å². The van der Waals surface area contributed by atoms with Crippen molar-refractivity contribution in [2.45, 2.75) is 26.2 Å². The smallest absolute Gasteiger partial charge is 0.254 e. The molecular formula is C25H24ClN7O. The zero-order chi connectivity index (χ0) is 24.1. The van der Waals surface area contributed by atoms with Gasteiger partial charge in [-0.1, -0.05) is 42.8 Å². The Morgan fingerprint density at radius 2 is 1.91 bits per heavy atom. The van der Waals surface area contributed by atoms with Crippen molar-refractivity contribution in [3.8, 4) is 17.4 Å². The number of aromatic nitrogens is 4. The Morgan fingerprint density at radius 1 is 1.15 bits per heavy atom. The van der Waals surface area contributed by atoms with E-state index < -0.39 is 0 Å². The summed E-state index contributed by atoms with van der Waals surface area (Å²) in [4.78, 5) is 12.8. The van der Waals surface area contributed by atoms with Crippen molar-refractivity contribution >= 4 is 23.3 Å². The van der Waals surface area contributed by atoms with E-state index in [2.05, 4.69) is 21.6 Å². The minimum absolute atomic E-state index is 0.194. The number of para-hydroxylation sites is 1. The summed E-state index contributed by atoms with van der Waals surface area (Å²) < 4.78 is 3.31. The molecule has 0 fully saturated rings. The summed E-state index contributed by atoms with van der Waals surface area (Å²) in [6, 6.07) is 18.9. The normalized spacial score (nSPS) is 10.7. The molecule has 0 saturated carbocycles. The molecule has 9 heteroatoms. The maximum atomic E-state index is 12.8. The number of nitrogen functional groups attached to an aromatic ring is 1. The summed E-state index contributed by atoms with van der Waals surface area (Å²) in [5.41, 5.74) is 10.1. The minimum atomic E-state index is -0.194. The van der Waals surface area contributed by atoms with Crippen molar-refractivity contribution in [3.05, 3.63) is 88.3 Å². The number of nitrogens with two attached hydrogens (primary N) is 1. The van der Waals surface area contributed by atoms with Crippen molar-refractivity contribution in [2.75, 3.05) is 12.3 Å². The predicted molar refractivity (Wildman–Crippen MR) is 131 cm³/mol. The van der Waals surface area contributed by atoms with Gasteiger partial charge in [0, 0.05) is 11.6 Å². The first-order chi connectivity index (χ1) is 16.5. The second-order valence-electron chi connectivity index (χ2n) is 7.68. The average molecular weight is 474 g/mol. The van der Waals surface area contributed by atoms with E-state index >= 15 is 0 Å². The van der Waals surface area contributed by atoms with Crippen LogP contribution in [-0.4, -0.2) is 32.0 Å². The van der Waals surface area contributed by atoms with Crippen LogP contribution in [0.25, 0.3) is 11.4 Å². The molecule has 172 valence electrons. The van der Waals surface area contributed by atoms with E-state index in [0.717, 1.165) is 17.1 Å². The number of aryl methyl sites for hydroxylation is 1. The largest absolute Gasteiger partial charge is 0.382 e. The molecule has 2 heterocycles. The number of nitriles is 1. The van der Waals surface area contributed by atoms with E-state index in [1.54, 1.807) is 21.6 Å². The fourth-order valence-corrected chi connectivity index (χ4v) is 4.01. The summed E-state index contributed by atoms with van der Waals surface area (Å²) in [5, 5.41) is 22.0. The topological polar surface area (TPSA) is 115 Å². The summed E-state index contributed by atoms with van der Waals surface area (Å²) in [5.74, 6) is 0.119. The number of nitrogens with one attached hydrogen (secondary N) is 1. The van der Waals surface area contributed by atoms with E-state index in [9.17, 15) is 10.1 Å². The predicted octanol–water partition coefficient (Wildman–Crippen LogP) is 4.09. The number of amides is 1. The number of carbonyl (C=O) groups is 1. The molecule has 0 spiro atoms. The molecule has 0 atom stereocenters. The maximum Gasteiger partial charge on any atom is 0.254 e. The van der Waals surface area contributed by atoms with Gasteiger partial charge in [-0.05, 0) is 49.6 Å². The standard InChI is InChI=1S/C25H24ClN7O/c1-2-23-21(16-30-32(23)19-11-6-8-17(26)14-19)25(34)29-13-7-12-22-20(15-27)24(28)33(31-22)18-9-4-3-5-10-18/h3-6,8-11,14,16H,2,7,12-13,28H2,1H3,(H,29,34). The number of halogens is 1. The molecule has 8 nitrogen and oxygen atoms in total. The third-order valence-corrected chi connectivity index (χ3v) is 5.72. The van der Waals surface area contributed by atoms with Gasteiger partial charge < -0.3 is 11.1 Å². The molecule has 2 aromatic heterocycles. The third-order valence-electron chi connectivity index (χ3n) is 5.48. The highest BCUT2D eigenvalue weighted by Crippen LogP contribution is 2.22. The minimum Gasteiger partial charge on any atom is -0.382 e. The van der Waals surface area contributed by atoms with E-state index in [1.165, 1.54) is 0 Å². The Hall–Kier alpha value is -4.09. The summed E-state index contributed by atoms with van der Waals surface area (Å²) in [7, 11) is 0. The van der Waals surface area contributed by atoms with Gasteiger partial charge in [0.25, 0.3) is 5.91 Å². The number of carbonyl (C=O) groups excluding carboxylic acids is 1. The second kappa shape index (κ2) is 10.2. The van der Waals surface area contributed by atoms with Gasteiger partial charge in [0.2, 0.25) is 0 Å². The fraction of sp³-hybridized carbons (Fsp3) is 0.200. The van der Waals surface area contributed by atoms with Gasteiger partial charge in [-0.3, -0.25) is 4.79 Å². The summed E-state index contributed by atoms with van der Waals surface area (Å²) in [6.45, 7) is 2.40. The maximum absolute atomic E-state index is 12.8. The van der Waals surface area contributed by atoms with Crippen LogP contribution in [0.4, 0.5) is 5.82 Å². The zero-order valence-corrected chi connectivity index (χ0v) is 19.5. The number of hydrogen-bond donors (Lipinski definition) is 2. The summed E-state index contributed by atoms with van der Waals surface area (Å²) >= 11 is 6.11. The molecule has 0 radical (unpaired) electrons. The monoisotopic (exact) mass is 473 g/mol. The first-order valence-electron chi connectivity index (χ1n) is 11.0. The van der Waals surface area contributed by atoms with Gasteiger partial charge in [0.1, 0.15) is 17.5 Å². The van der Waals surface area contributed by atoms with Crippen LogP contribution in [-0.2, 0) is 12.8 Å². The number of rotatable bonds is 8. The van der Waals surface area contributed by atoms with Crippen LogP contribution in [0, 0.1) is 11.3 Å². The molecule has 4 rings (SSSR count). The van der Waals surface area contributed by atoms with Crippen LogP contribution >= 0.6 is 11.6 Å². The van der Waals surface area contributed by atoms with Crippen LogP contribution in [0.15, 0.2) is 60.8 Å². The second-order valence-corrected chi connectivity index (χ2v) is 8.11. The molecule has 0 unspecified atom stereocenters. The highest BCUT2D eigenvalue weighted by Gasteiger charge is 2.18. The molecule has 0 saturated heterocycles. The Morgan fingerprint density at radius 3 is 2.62 bits per heavy atom. The van der Waals surface area contributed by atoms with Crippen LogP contribution in [0.1, 0.15) is 40.7 Å². The highest BCUT2D eigenvalue weighted by molar-refractivity contribution is 6.30. The molecule has 3 N–H and O–H groups in total. The first-order valence-corrected chi connectivity index (χ1v) is 11.3. The third kappa shape index (κ3) is 4.65. The van der Waals surface area contributed by atoms with Crippen LogP contribution in [0.3, 0.4) is 0 Å². The van der Waals surface area contributed by atoms with Gasteiger partial charge in [-0.15, -0.1) is 0 Å². The van der Waals surface area contributed by atoms with Crippen molar-refractivity contribution in [3.63, 3.8) is 0 Å². The first kappa shape index (κ1) is 23.1. The van der Waals surface area contributed by atoms with E-state index in [-0.39, 0.29) is 5.91 Å². The summed E-state index contributed by atoms with van der Waals surface area (Å²) in [6.07, 6.45) is 3.33. The van der Waals surface area contributed by atoms with Crippen LogP contribution in [0.2, 0.25) is 5.02 Å². The lowest BCUT2D eigenvalue weighted by Gasteiger charge is -2.09. The van der Waals surface area contributed by atoms with E-state index in [1.807, 2.05) is 55.5 Å². The van der Waals surface area contributed by atoms with E-state index in [0.29, 0.717) is 53.5 Å². The molecule has 0 bridgehead atoms. The van der Waals surface area contributed by atoms with Gasteiger partial charge in [0.15, 0.2) is 0 Å². The number of nitrogens with zero attached hydrogens (tertiary/aromatic N) is 5. The SMILES string of the molecule is CCc1c(C(=O)NCCCc2nn(-c3ccccc3)c(N)c2C#N)cnn1-c1cccc(Cl)c1. The number of anilines is 1. The zero-order valence-electron chi connectivity index (χ0n) is 18.7. The Kier molecular flexibility index (Phi) is 6.95. The van der Waals surface area contributed by atoms with Gasteiger partial charge in [0.05, 0.1) is 34.5 Å². The van der Waals surface area contributed by atoms with Crippen LogP contribution < -0.4 is 11.1 Å². The van der Waals surface area contributed by atoms with Gasteiger partial charge in [-0.2, -0.15) is 15.5 Å². The van der Waals surface area contributed by atoms with Gasteiger partial charge >= 0.3 is 0 Å². The van der Waals surface area contributed by atoms with Crippen LogP contribution in [0.5, 0.6) is 0 Å². The van der Waals surface area contributed by atoms with Crippen molar-refractivity contribution in [1.82, 2.24) is 24.9 Å². The molecular weight excluding hydrogens is 450 g/mol. The highest BCUT2D eigenvalue weighted by atomic mass is 35.5. The molecule has 0 aliphatic heterocycles. The molecule has 0 aliphatic carbocycles. The molecule has 2 aromatic carbocycles. The lowest BCUT2D eigenvalue weighted by atomic mass is 10.1. The number of benzene rings is 2. The van der Waals surface area contributed by atoms with E-state index in [4.69, 9.17) is 17.3 Å². The lowest BCUT2D eigenvalue weighted by molar-refractivity contribution is 0.0952. The molecule has 1 amide bonds. The quantitative estimate of drug-likeness (QED) is 0.374. The van der Waals surface area contributed by atoms with Gasteiger partial charge in [-0.25, -0.2) is 9.36 Å². The number of hydrogen-bond acceptors (Lipinski definition) is 5. The van der Waals surface area contributed by atoms with Crippen molar-refractivity contribution < 1.29 is 4.79 Å². The molecule has 4 aromatic rings. The molecule has 0 aliphatic rings. The fourth-order valence-electron chi connectivity index (χ4n) is 3.83. The Bertz CT molecular complexity index is 1350.